The van der Waals surface area contributed by atoms with E-state index in [1.807, 2.05) is 0 Å². The summed E-state index contributed by atoms with van der Waals surface area (Å²) in [6.07, 6.45) is 7.27. The smallest absolute Gasteiger partial charge is 0.241 e. The Kier molecular flexibility index (Phi) is 5.38. The van der Waals surface area contributed by atoms with Crippen LogP contribution in [-0.2, 0) is 16.6 Å². The maximum absolute atomic E-state index is 12.0. The van der Waals surface area contributed by atoms with Gasteiger partial charge < -0.3 is 5.11 Å². The van der Waals surface area contributed by atoms with Crippen molar-refractivity contribution >= 4 is 21.4 Å². The quantitative estimate of drug-likeness (QED) is 0.848. The van der Waals surface area contributed by atoms with Crippen LogP contribution in [0.3, 0.4) is 0 Å². The van der Waals surface area contributed by atoms with Gasteiger partial charge in [0.1, 0.15) is 0 Å². The first kappa shape index (κ1) is 15.0. The molecule has 4 nitrogen and oxygen atoms in total. The molecule has 108 valence electrons. The lowest BCUT2D eigenvalue weighted by Gasteiger charge is -2.21. The molecule has 2 rings (SSSR count). The van der Waals surface area contributed by atoms with Crippen molar-refractivity contribution in [3.8, 4) is 0 Å². The first-order chi connectivity index (χ1) is 9.12. The number of hydrogen-bond donors (Lipinski definition) is 2. The zero-order valence-electron chi connectivity index (χ0n) is 11.0. The fourth-order valence-corrected chi connectivity index (χ4v) is 4.72. The monoisotopic (exact) mass is 303 g/mol. The fraction of sp³-hybridized carbons (Fsp3) is 0.692. The summed E-state index contributed by atoms with van der Waals surface area (Å²) in [5.41, 5.74) is 0. The highest BCUT2D eigenvalue weighted by atomic mass is 32.2. The Morgan fingerprint density at radius 3 is 2.68 bits per heavy atom. The summed E-state index contributed by atoms with van der Waals surface area (Å²) in [5.74, 6) is 0.673. The molecule has 2 N–H and O–H groups in total. The maximum Gasteiger partial charge on any atom is 0.241 e. The minimum absolute atomic E-state index is 0.109. The van der Waals surface area contributed by atoms with Crippen LogP contribution in [-0.4, -0.2) is 20.1 Å². The molecule has 0 spiro atoms. The Bertz CT molecular complexity index is 490. The van der Waals surface area contributed by atoms with Crippen LogP contribution in [0.25, 0.3) is 0 Å². The molecule has 0 unspecified atom stereocenters. The topological polar surface area (TPSA) is 66.4 Å². The molecule has 0 aliphatic heterocycles. The third kappa shape index (κ3) is 4.27. The number of aliphatic hydroxyl groups excluding tert-OH is 1. The highest BCUT2D eigenvalue weighted by Gasteiger charge is 2.18. The highest BCUT2D eigenvalue weighted by molar-refractivity contribution is 7.89. The summed E-state index contributed by atoms with van der Waals surface area (Å²) in [7, 11) is -3.40. The molecular formula is C13H21NO3S2. The van der Waals surface area contributed by atoms with Crippen molar-refractivity contribution in [1.29, 1.82) is 0 Å². The Hall–Kier alpha value is -0.430. The van der Waals surface area contributed by atoms with Crippen molar-refractivity contribution < 1.29 is 13.5 Å². The Morgan fingerprint density at radius 1 is 1.32 bits per heavy atom. The van der Waals surface area contributed by atoms with Gasteiger partial charge in [-0.25, -0.2) is 13.1 Å². The Morgan fingerprint density at radius 2 is 2.05 bits per heavy atom. The van der Waals surface area contributed by atoms with Gasteiger partial charge in [-0.15, -0.1) is 11.3 Å². The standard InChI is InChI=1S/C13H21NO3S2/c15-9-12-8-13(10-18-12)19(16,17)14-7-6-11-4-2-1-3-5-11/h8,10-11,14-15H,1-7,9H2. The lowest BCUT2D eigenvalue weighted by atomic mass is 9.87. The molecule has 1 aliphatic rings. The molecule has 0 amide bonds. The van der Waals surface area contributed by atoms with Gasteiger partial charge in [0.2, 0.25) is 10.0 Å². The third-order valence-corrected chi connectivity index (χ3v) is 6.18. The third-order valence-electron chi connectivity index (χ3n) is 3.67. The Labute approximate surface area is 118 Å². The van der Waals surface area contributed by atoms with Gasteiger partial charge in [0.05, 0.1) is 11.5 Å². The van der Waals surface area contributed by atoms with Crippen molar-refractivity contribution in [2.75, 3.05) is 6.54 Å². The lowest BCUT2D eigenvalue weighted by Crippen LogP contribution is -2.26. The number of nitrogens with one attached hydrogen (secondary N) is 1. The summed E-state index contributed by atoms with van der Waals surface area (Å²) in [4.78, 5) is 0.942. The first-order valence-electron chi connectivity index (χ1n) is 6.80. The average molecular weight is 303 g/mol. The minimum Gasteiger partial charge on any atom is -0.391 e. The second kappa shape index (κ2) is 6.83. The van der Waals surface area contributed by atoms with E-state index >= 15 is 0 Å². The molecule has 0 aromatic carbocycles. The van der Waals surface area contributed by atoms with Gasteiger partial charge in [0.15, 0.2) is 0 Å². The molecule has 0 saturated heterocycles. The first-order valence-corrected chi connectivity index (χ1v) is 9.16. The van der Waals surface area contributed by atoms with Crippen LogP contribution < -0.4 is 4.72 Å². The van der Waals surface area contributed by atoms with Crippen molar-refractivity contribution in [1.82, 2.24) is 4.72 Å². The second-order valence-electron chi connectivity index (χ2n) is 5.10. The van der Waals surface area contributed by atoms with Crippen LogP contribution in [0.5, 0.6) is 0 Å². The van der Waals surface area contributed by atoms with E-state index in [4.69, 9.17) is 5.11 Å². The zero-order valence-corrected chi connectivity index (χ0v) is 12.6. The second-order valence-corrected chi connectivity index (χ2v) is 7.86. The minimum atomic E-state index is -3.40. The number of hydrogen-bond acceptors (Lipinski definition) is 4. The van der Waals surface area contributed by atoms with Gasteiger partial charge in [-0.1, -0.05) is 32.1 Å². The molecule has 1 aliphatic carbocycles. The van der Waals surface area contributed by atoms with Crippen molar-refractivity contribution in [2.24, 2.45) is 5.92 Å². The summed E-state index contributed by atoms with van der Waals surface area (Å²) in [6, 6.07) is 1.54. The molecule has 1 saturated carbocycles. The van der Waals surface area contributed by atoms with Gasteiger partial charge >= 0.3 is 0 Å². The zero-order chi connectivity index (χ0) is 13.7. The number of rotatable bonds is 6. The van der Waals surface area contributed by atoms with Crippen LogP contribution in [0.2, 0.25) is 0 Å². The molecule has 0 atom stereocenters. The van der Waals surface area contributed by atoms with Crippen molar-refractivity contribution in [3.05, 3.63) is 16.3 Å². The van der Waals surface area contributed by atoms with Gasteiger partial charge in [-0.05, 0) is 18.4 Å². The molecule has 6 heteroatoms. The molecular weight excluding hydrogens is 282 g/mol. The van der Waals surface area contributed by atoms with Crippen LogP contribution in [0, 0.1) is 5.92 Å². The summed E-state index contributed by atoms with van der Waals surface area (Å²) in [6.45, 7) is 0.402. The summed E-state index contributed by atoms with van der Waals surface area (Å²) >= 11 is 1.27. The van der Waals surface area contributed by atoms with E-state index in [-0.39, 0.29) is 11.5 Å². The normalized spacial score (nSPS) is 17.7. The van der Waals surface area contributed by atoms with E-state index in [1.54, 1.807) is 5.38 Å². The number of aliphatic hydroxyl groups is 1. The molecule has 0 bridgehead atoms. The Balaban J connectivity index is 1.83. The number of thiophene rings is 1. The number of sulfonamides is 1. The van der Waals surface area contributed by atoms with Crippen LogP contribution in [0.1, 0.15) is 43.4 Å². The largest absolute Gasteiger partial charge is 0.391 e. The molecule has 1 fully saturated rings. The predicted molar refractivity (Wildman–Crippen MR) is 76.6 cm³/mol. The van der Waals surface area contributed by atoms with E-state index in [1.165, 1.54) is 49.5 Å². The molecule has 1 aromatic rings. The molecule has 19 heavy (non-hydrogen) atoms. The van der Waals surface area contributed by atoms with Crippen molar-refractivity contribution in [3.63, 3.8) is 0 Å². The van der Waals surface area contributed by atoms with Gasteiger partial charge in [0.25, 0.3) is 0 Å². The predicted octanol–water partition coefficient (Wildman–Crippen LogP) is 2.49. The summed E-state index contributed by atoms with van der Waals surface area (Å²) < 4.78 is 26.7. The van der Waals surface area contributed by atoms with Gasteiger partial charge in [-0.3, -0.25) is 0 Å². The van der Waals surface area contributed by atoms with Crippen molar-refractivity contribution in [2.45, 2.75) is 50.0 Å². The van der Waals surface area contributed by atoms with E-state index in [9.17, 15) is 8.42 Å². The van der Waals surface area contributed by atoms with Crippen LogP contribution in [0.15, 0.2) is 16.3 Å². The maximum atomic E-state index is 12.0. The van der Waals surface area contributed by atoms with Crippen LogP contribution in [0.4, 0.5) is 0 Å². The van der Waals surface area contributed by atoms with E-state index < -0.39 is 10.0 Å². The summed E-state index contributed by atoms with van der Waals surface area (Å²) in [5, 5.41) is 10.5. The molecule has 1 aromatic heterocycles. The average Bonchev–Trinajstić information content (AvgIpc) is 2.89. The SMILES string of the molecule is O=S(=O)(NCCC1CCCCC1)c1csc(CO)c1. The molecule has 1 heterocycles. The fourth-order valence-electron chi connectivity index (χ4n) is 2.54. The van der Waals surface area contributed by atoms with E-state index in [2.05, 4.69) is 4.72 Å². The van der Waals surface area contributed by atoms with E-state index in [0.29, 0.717) is 17.3 Å². The highest BCUT2D eigenvalue weighted by Crippen LogP contribution is 2.26. The van der Waals surface area contributed by atoms with Gasteiger partial charge in [0, 0.05) is 16.8 Å². The van der Waals surface area contributed by atoms with E-state index in [0.717, 1.165) is 6.42 Å². The molecule has 0 radical (unpaired) electrons. The van der Waals surface area contributed by atoms with Gasteiger partial charge in [-0.2, -0.15) is 0 Å². The lowest BCUT2D eigenvalue weighted by molar-refractivity contribution is 0.285. The van der Waals surface area contributed by atoms with Crippen LogP contribution >= 0.6 is 11.3 Å².